The zero-order chi connectivity index (χ0) is 17.8. The van der Waals surface area contributed by atoms with Crippen LogP contribution >= 0.6 is 11.8 Å². The van der Waals surface area contributed by atoms with Crippen molar-refractivity contribution in [2.24, 2.45) is 7.05 Å². The lowest BCUT2D eigenvalue weighted by Crippen LogP contribution is -1.94. The van der Waals surface area contributed by atoms with Gasteiger partial charge in [-0.2, -0.15) is 5.26 Å². The first-order chi connectivity index (χ1) is 12.8. The standard InChI is InChI=1S/C23H16N2S/c1-25-19-10-6-5-9-16(19)21-17-12-11-14-7-3-4-8-15(14)20(17)18(13-24)23(26-2)22(21)25/h3-12H,1-2H3. The van der Waals surface area contributed by atoms with Crippen LogP contribution in [0.15, 0.2) is 65.6 Å². The van der Waals surface area contributed by atoms with Crippen molar-refractivity contribution >= 4 is 55.1 Å². The van der Waals surface area contributed by atoms with Gasteiger partial charge in [0.25, 0.3) is 0 Å². The molecule has 2 nitrogen and oxygen atoms in total. The van der Waals surface area contributed by atoms with Crippen molar-refractivity contribution in [2.75, 3.05) is 6.26 Å². The summed E-state index contributed by atoms with van der Waals surface area (Å²) in [5, 5.41) is 17.1. The Bertz CT molecular complexity index is 1390. The Labute approximate surface area is 155 Å². The first-order valence-corrected chi connectivity index (χ1v) is 9.77. The van der Waals surface area contributed by atoms with Crippen LogP contribution in [-0.2, 0) is 7.05 Å². The Balaban J connectivity index is 2.23. The number of para-hydroxylation sites is 1. The van der Waals surface area contributed by atoms with Gasteiger partial charge in [0.05, 0.1) is 11.1 Å². The molecule has 0 atom stereocenters. The third-order valence-corrected chi connectivity index (χ3v) is 6.12. The fraction of sp³-hybridized carbons (Fsp3) is 0.0870. The highest BCUT2D eigenvalue weighted by Crippen LogP contribution is 2.44. The highest BCUT2D eigenvalue weighted by Gasteiger charge is 2.21. The van der Waals surface area contributed by atoms with E-state index in [0.717, 1.165) is 32.1 Å². The van der Waals surface area contributed by atoms with E-state index in [0.29, 0.717) is 0 Å². The van der Waals surface area contributed by atoms with Crippen LogP contribution in [0.4, 0.5) is 0 Å². The van der Waals surface area contributed by atoms with Crippen molar-refractivity contribution in [3.8, 4) is 6.07 Å². The lowest BCUT2D eigenvalue weighted by Gasteiger charge is -2.13. The lowest BCUT2D eigenvalue weighted by molar-refractivity contribution is 1.00. The Hall–Kier alpha value is -2.96. The molecule has 0 bridgehead atoms. The van der Waals surface area contributed by atoms with Gasteiger partial charge >= 0.3 is 0 Å². The number of hydrogen-bond donors (Lipinski definition) is 0. The number of aromatic nitrogens is 1. The summed E-state index contributed by atoms with van der Waals surface area (Å²) < 4.78 is 2.23. The molecule has 0 fully saturated rings. The van der Waals surface area contributed by atoms with Crippen molar-refractivity contribution in [2.45, 2.75) is 4.90 Å². The molecule has 124 valence electrons. The topological polar surface area (TPSA) is 28.7 Å². The average molecular weight is 352 g/mol. The van der Waals surface area contributed by atoms with E-state index in [-0.39, 0.29) is 0 Å². The van der Waals surface area contributed by atoms with Gasteiger partial charge in [0.1, 0.15) is 6.07 Å². The minimum absolute atomic E-state index is 0.780. The summed E-state index contributed by atoms with van der Waals surface area (Å²) in [6.45, 7) is 0. The van der Waals surface area contributed by atoms with E-state index >= 15 is 0 Å². The number of thioether (sulfide) groups is 1. The van der Waals surface area contributed by atoms with Crippen LogP contribution in [0.25, 0.3) is 43.4 Å². The Morgan fingerprint density at radius 1 is 0.846 bits per heavy atom. The molecule has 1 heterocycles. The third-order valence-electron chi connectivity index (χ3n) is 5.31. The molecule has 0 spiro atoms. The molecule has 0 amide bonds. The van der Waals surface area contributed by atoms with E-state index < -0.39 is 0 Å². The van der Waals surface area contributed by atoms with Crippen LogP contribution < -0.4 is 0 Å². The molecular weight excluding hydrogens is 336 g/mol. The van der Waals surface area contributed by atoms with E-state index in [9.17, 15) is 5.26 Å². The van der Waals surface area contributed by atoms with Crippen LogP contribution in [0.5, 0.6) is 0 Å². The maximum Gasteiger partial charge on any atom is 0.101 e. The Morgan fingerprint density at radius 3 is 2.35 bits per heavy atom. The van der Waals surface area contributed by atoms with E-state index in [1.165, 1.54) is 21.7 Å². The Kier molecular flexibility index (Phi) is 3.25. The molecule has 0 saturated carbocycles. The Morgan fingerprint density at radius 2 is 1.58 bits per heavy atom. The maximum absolute atomic E-state index is 10.1. The zero-order valence-corrected chi connectivity index (χ0v) is 15.4. The quantitative estimate of drug-likeness (QED) is 0.264. The molecule has 0 radical (unpaired) electrons. The lowest BCUT2D eigenvalue weighted by atomic mass is 9.94. The van der Waals surface area contributed by atoms with Crippen molar-refractivity contribution in [1.82, 2.24) is 4.57 Å². The molecule has 3 heteroatoms. The predicted octanol–water partition coefficient (Wildman–Crippen LogP) is 6.23. The molecule has 1 aromatic heterocycles. The molecule has 0 aliphatic heterocycles. The monoisotopic (exact) mass is 352 g/mol. The summed E-state index contributed by atoms with van der Waals surface area (Å²) in [5.41, 5.74) is 3.13. The summed E-state index contributed by atoms with van der Waals surface area (Å²) >= 11 is 1.66. The second-order valence-electron chi connectivity index (χ2n) is 6.53. The molecule has 4 aromatic carbocycles. The van der Waals surface area contributed by atoms with E-state index in [4.69, 9.17) is 0 Å². The summed E-state index contributed by atoms with van der Waals surface area (Å²) in [7, 11) is 2.10. The summed E-state index contributed by atoms with van der Waals surface area (Å²) in [4.78, 5) is 1.06. The van der Waals surface area contributed by atoms with Gasteiger partial charge in [0.15, 0.2) is 0 Å². The highest BCUT2D eigenvalue weighted by molar-refractivity contribution is 7.98. The summed E-state index contributed by atoms with van der Waals surface area (Å²) in [6.07, 6.45) is 2.06. The number of nitrogens with zero attached hydrogens (tertiary/aromatic N) is 2. The maximum atomic E-state index is 10.1. The largest absolute Gasteiger partial charge is 0.343 e. The van der Waals surface area contributed by atoms with Crippen molar-refractivity contribution < 1.29 is 0 Å². The SMILES string of the molecule is CSc1c(C#N)c2c3ccccc3ccc2c2c3ccccc3n(C)c12. The number of hydrogen-bond acceptors (Lipinski definition) is 2. The molecule has 0 N–H and O–H groups in total. The molecule has 5 aromatic rings. The van der Waals surface area contributed by atoms with Crippen molar-refractivity contribution in [1.29, 1.82) is 5.26 Å². The molecule has 0 aliphatic carbocycles. The van der Waals surface area contributed by atoms with Gasteiger partial charge in [-0.25, -0.2) is 0 Å². The van der Waals surface area contributed by atoms with Crippen LogP contribution in [0.3, 0.4) is 0 Å². The van der Waals surface area contributed by atoms with Gasteiger partial charge in [-0.05, 0) is 28.5 Å². The van der Waals surface area contributed by atoms with E-state index in [2.05, 4.69) is 78.5 Å². The van der Waals surface area contributed by atoms with Crippen LogP contribution in [0.2, 0.25) is 0 Å². The molecule has 0 aliphatic rings. The molecule has 0 saturated heterocycles. The molecule has 5 rings (SSSR count). The van der Waals surface area contributed by atoms with Crippen LogP contribution in [-0.4, -0.2) is 10.8 Å². The van der Waals surface area contributed by atoms with Gasteiger partial charge in [-0.1, -0.05) is 54.6 Å². The molecule has 0 unspecified atom stereocenters. The summed E-state index contributed by atoms with van der Waals surface area (Å²) in [5.74, 6) is 0. The van der Waals surface area contributed by atoms with Crippen molar-refractivity contribution in [3.63, 3.8) is 0 Å². The average Bonchev–Trinajstić information content (AvgIpc) is 3.00. The zero-order valence-electron chi connectivity index (χ0n) is 14.6. The van der Waals surface area contributed by atoms with Crippen LogP contribution in [0, 0.1) is 11.3 Å². The van der Waals surface area contributed by atoms with E-state index in [1.807, 2.05) is 6.07 Å². The first kappa shape index (κ1) is 15.3. The second kappa shape index (κ2) is 5.52. The summed E-state index contributed by atoms with van der Waals surface area (Å²) in [6, 6.07) is 23.7. The number of fused-ring (bicyclic) bond motifs is 7. The number of benzene rings is 4. The van der Waals surface area contributed by atoms with Crippen LogP contribution in [0.1, 0.15) is 5.56 Å². The van der Waals surface area contributed by atoms with Gasteiger partial charge in [-0.15, -0.1) is 11.8 Å². The van der Waals surface area contributed by atoms with Gasteiger partial charge in [0, 0.05) is 33.6 Å². The number of aryl methyl sites for hydroxylation is 1. The van der Waals surface area contributed by atoms with Gasteiger partial charge in [0.2, 0.25) is 0 Å². The number of rotatable bonds is 1. The van der Waals surface area contributed by atoms with Gasteiger partial charge < -0.3 is 4.57 Å². The molecule has 26 heavy (non-hydrogen) atoms. The smallest absolute Gasteiger partial charge is 0.101 e. The van der Waals surface area contributed by atoms with Crippen molar-refractivity contribution in [3.05, 3.63) is 66.2 Å². The minimum Gasteiger partial charge on any atom is -0.343 e. The molecular formula is C23H16N2S. The normalized spacial score (nSPS) is 11.6. The van der Waals surface area contributed by atoms with E-state index in [1.54, 1.807) is 11.8 Å². The third kappa shape index (κ3) is 1.83. The second-order valence-corrected chi connectivity index (χ2v) is 7.35. The fourth-order valence-electron chi connectivity index (χ4n) is 4.22. The fourth-order valence-corrected chi connectivity index (χ4v) is 5.00. The van der Waals surface area contributed by atoms with Gasteiger partial charge in [-0.3, -0.25) is 0 Å². The number of nitriles is 1. The first-order valence-electron chi connectivity index (χ1n) is 8.55. The minimum atomic E-state index is 0.780. The highest BCUT2D eigenvalue weighted by atomic mass is 32.2. The predicted molar refractivity (Wildman–Crippen MR) is 112 cm³/mol.